The molecular formula is C17H20BrNO2. The Labute approximate surface area is 134 Å². The molecule has 0 saturated heterocycles. The molecule has 0 radical (unpaired) electrons. The Morgan fingerprint density at radius 1 is 1.24 bits per heavy atom. The predicted molar refractivity (Wildman–Crippen MR) is 90.3 cm³/mol. The van der Waals surface area contributed by atoms with Crippen molar-refractivity contribution in [3.05, 3.63) is 52.0 Å². The highest BCUT2D eigenvalue weighted by atomic mass is 79.9. The van der Waals surface area contributed by atoms with Crippen molar-refractivity contribution in [1.82, 2.24) is 0 Å². The first-order valence-electron chi connectivity index (χ1n) is 6.92. The number of phenols is 1. The average Bonchev–Trinajstić information content (AvgIpc) is 2.49. The number of hydrogen-bond acceptors (Lipinski definition) is 3. The molecule has 0 heterocycles. The maximum Gasteiger partial charge on any atom is 0.172 e. The first-order chi connectivity index (χ1) is 10.1. The molecule has 21 heavy (non-hydrogen) atoms. The van der Waals surface area contributed by atoms with Crippen LogP contribution in [0.2, 0.25) is 0 Å². The number of ether oxygens (including phenoxy) is 1. The van der Waals surface area contributed by atoms with Gasteiger partial charge in [-0.15, -0.1) is 0 Å². The van der Waals surface area contributed by atoms with Gasteiger partial charge in [0.1, 0.15) is 0 Å². The molecule has 1 N–H and O–H groups in total. The molecule has 112 valence electrons. The summed E-state index contributed by atoms with van der Waals surface area (Å²) >= 11 is 3.37. The Morgan fingerprint density at radius 3 is 2.57 bits per heavy atom. The zero-order valence-electron chi connectivity index (χ0n) is 12.6. The molecule has 0 unspecified atom stereocenters. The number of methoxy groups -OCH3 is 1. The van der Waals surface area contributed by atoms with Gasteiger partial charge in [0, 0.05) is 18.8 Å². The number of aryl methyl sites for hydroxylation is 1. The van der Waals surface area contributed by atoms with Crippen LogP contribution in [0.5, 0.6) is 11.5 Å². The van der Waals surface area contributed by atoms with Crippen molar-refractivity contribution in [1.29, 1.82) is 0 Å². The number of nitrogens with zero attached hydrogens (tertiary/aromatic N) is 1. The van der Waals surface area contributed by atoms with E-state index in [1.807, 2.05) is 18.2 Å². The second kappa shape index (κ2) is 6.85. The molecule has 2 rings (SSSR count). The fourth-order valence-electron chi connectivity index (χ4n) is 2.38. The monoisotopic (exact) mass is 349 g/mol. The molecule has 0 amide bonds. The van der Waals surface area contributed by atoms with Gasteiger partial charge in [-0.2, -0.15) is 0 Å². The van der Waals surface area contributed by atoms with Crippen molar-refractivity contribution < 1.29 is 9.84 Å². The summed E-state index contributed by atoms with van der Waals surface area (Å²) in [4.78, 5) is 2.30. The largest absolute Gasteiger partial charge is 0.503 e. The summed E-state index contributed by atoms with van der Waals surface area (Å²) in [6.45, 7) is 5.92. The number of hydrogen-bond donors (Lipinski definition) is 1. The summed E-state index contributed by atoms with van der Waals surface area (Å²) < 4.78 is 5.86. The molecule has 0 aliphatic rings. The first kappa shape index (κ1) is 15.7. The van der Waals surface area contributed by atoms with Crippen LogP contribution in [0.15, 0.2) is 40.9 Å². The lowest BCUT2D eigenvalue weighted by Crippen LogP contribution is -2.22. The summed E-state index contributed by atoms with van der Waals surface area (Å²) in [5.74, 6) is 0.625. The Bertz CT molecular complexity index is 628. The van der Waals surface area contributed by atoms with Crippen molar-refractivity contribution in [3.8, 4) is 11.5 Å². The van der Waals surface area contributed by atoms with Crippen LogP contribution in [-0.4, -0.2) is 18.8 Å². The summed E-state index contributed by atoms with van der Waals surface area (Å²) in [7, 11) is 1.56. The maximum absolute atomic E-state index is 9.89. The zero-order chi connectivity index (χ0) is 15.4. The second-order valence-corrected chi connectivity index (χ2v) is 5.78. The molecule has 0 aliphatic carbocycles. The number of anilines is 1. The van der Waals surface area contributed by atoms with Crippen molar-refractivity contribution in [2.45, 2.75) is 20.4 Å². The molecule has 4 heteroatoms. The second-order valence-electron chi connectivity index (χ2n) is 4.93. The number of halogens is 1. The molecule has 2 aromatic rings. The molecule has 0 fully saturated rings. The van der Waals surface area contributed by atoms with E-state index in [-0.39, 0.29) is 5.75 Å². The molecule has 0 saturated carbocycles. The number of para-hydroxylation sites is 1. The fourth-order valence-corrected chi connectivity index (χ4v) is 2.87. The molecular weight excluding hydrogens is 330 g/mol. The molecule has 0 aliphatic heterocycles. The number of aromatic hydroxyl groups is 1. The number of benzene rings is 2. The Hall–Kier alpha value is -1.68. The fraction of sp³-hybridized carbons (Fsp3) is 0.294. The molecule has 0 spiro atoms. The third-order valence-corrected chi connectivity index (χ3v) is 4.12. The minimum atomic E-state index is 0.139. The lowest BCUT2D eigenvalue weighted by atomic mass is 10.1. The van der Waals surface area contributed by atoms with Crippen molar-refractivity contribution in [2.24, 2.45) is 0 Å². The van der Waals surface area contributed by atoms with Crippen LogP contribution in [0.25, 0.3) is 0 Å². The Morgan fingerprint density at radius 2 is 1.95 bits per heavy atom. The van der Waals surface area contributed by atoms with Crippen molar-refractivity contribution in [3.63, 3.8) is 0 Å². The van der Waals surface area contributed by atoms with Gasteiger partial charge in [-0.25, -0.2) is 0 Å². The van der Waals surface area contributed by atoms with Gasteiger partial charge in [-0.3, -0.25) is 0 Å². The van der Waals surface area contributed by atoms with Crippen molar-refractivity contribution >= 4 is 21.6 Å². The summed E-state index contributed by atoms with van der Waals surface area (Å²) in [6.07, 6.45) is 0. The minimum absolute atomic E-state index is 0.139. The predicted octanol–water partition coefficient (Wildman–Crippen LogP) is 4.50. The summed E-state index contributed by atoms with van der Waals surface area (Å²) in [6, 6.07) is 12.2. The Kier molecular flexibility index (Phi) is 5.12. The molecule has 0 aromatic heterocycles. The van der Waals surface area contributed by atoms with Gasteiger partial charge in [0.2, 0.25) is 0 Å². The quantitative estimate of drug-likeness (QED) is 0.862. The first-order valence-corrected chi connectivity index (χ1v) is 7.72. The van der Waals surface area contributed by atoms with E-state index in [0.717, 1.165) is 18.7 Å². The van der Waals surface area contributed by atoms with Gasteiger partial charge in [0.25, 0.3) is 0 Å². The lowest BCUT2D eigenvalue weighted by molar-refractivity contribution is 0.371. The van der Waals surface area contributed by atoms with Gasteiger partial charge in [0.15, 0.2) is 11.5 Å². The van der Waals surface area contributed by atoms with Crippen LogP contribution >= 0.6 is 15.9 Å². The van der Waals surface area contributed by atoms with Gasteiger partial charge < -0.3 is 14.7 Å². The van der Waals surface area contributed by atoms with Crippen LogP contribution in [0.4, 0.5) is 5.69 Å². The summed E-state index contributed by atoms with van der Waals surface area (Å²) in [5.41, 5.74) is 3.56. The highest BCUT2D eigenvalue weighted by molar-refractivity contribution is 9.10. The topological polar surface area (TPSA) is 32.7 Å². The van der Waals surface area contributed by atoms with E-state index in [0.29, 0.717) is 10.2 Å². The number of rotatable bonds is 5. The molecule has 2 aromatic carbocycles. The van der Waals surface area contributed by atoms with Crippen molar-refractivity contribution in [2.75, 3.05) is 18.6 Å². The Balaban J connectivity index is 2.31. The average molecular weight is 350 g/mol. The highest BCUT2D eigenvalue weighted by Crippen LogP contribution is 2.36. The third-order valence-electron chi connectivity index (χ3n) is 3.52. The summed E-state index contributed by atoms with van der Waals surface area (Å²) in [5, 5.41) is 9.89. The molecule has 0 bridgehead atoms. The van der Waals surface area contributed by atoms with Gasteiger partial charge >= 0.3 is 0 Å². The van der Waals surface area contributed by atoms with Crippen LogP contribution in [0, 0.1) is 6.92 Å². The van der Waals surface area contributed by atoms with Gasteiger partial charge in [-0.1, -0.05) is 18.2 Å². The van der Waals surface area contributed by atoms with Crippen LogP contribution in [0.3, 0.4) is 0 Å². The van der Waals surface area contributed by atoms with E-state index in [9.17, 15) is 5.11 Å². The van der Waals surface area contributed by atoms with Crippen LogP contribution in [0.1, 0.15) is 18.1 Å². The van der Waals surface area contributed by atoms with Crippen LogP contribution in [-0.2, 0) is 6.54 Å². The standard InChI is InChI=1S/C17H20BrNO2/c1-4-19(15-8-6-5-7-12(15)2)11-13-9-14(18)17(20)16(10-13)21-3/h5-10,20H,4,11H2,1-3H3. The maximum atomic E-state index is 9.89. The van der Waals surface area contributed by atoms with E-state index in [2.05, 4.69) is 52.9 Å². The zero-order valence-corrected chi connectivity index (χ0v) is 14.1. The van der Waals surface area contributed by atoms with E-state index < -0.39 is 0 Å². The normalized spacial score (nSPS) is 10.5. The molecule has 3 nitrogen and oxygen atoms in total. The van der Waals surface area contributed by atoms with E-state index in [1.54, 1.807) is 7.11 Å². The van der Waals surface area contributed by atoms with Crippen LogP contribution < -0.4 is 9.64 Å². The third kappa shape index (κ3) is 3.50. The lowest BCUT2D eigenvalue weighted by Gasteiger charge is -2.25. The minimum Gasteiger partial charge on any atom is -0.503 e. The SMILES string of the molecule is CCN(Cc1cc(Br)c(O)c(OC)c1)c1ccccc1C. The molecule has 0 atom stereocenters. The number of phenolic OH excluding ortho intramolecular Hbond substituents is 1. The van der Waals surface area contributed by atoms with Gasteiger partial charge in [-0.05, 0) is 59.1 Å². The highest BCUT2D eigenvalue weighted by Gasteiger charge is 2.12. The van der Waals surface area contributed by atoms with E-state index in [1.165, 1.54) is 11.3 Å². The van der Waals surface area contributed by atoms with E-state index >= 15 is 0 Å². The van der Waals surface area contributed by atoms with Gasteiger partial charge in [0.05, 0.1) is 11.6 Å². The smallest absolute Gasteiger partial charge is 0.172 e. The van der Waals surface area contributed by atoms with E-state index in [4.69, 9.17) is 4.74 Å².